The zero-order valence-corrected chi connectivity index (χ0v) is 8.96. The number of hydrogen-bond donors (Lipinski definition) is 1. The van der Waals surface area contributed by atoms with Crippen LogP contribution in [0.15, 0.2) is 0 Å². The Labute approximate surface area is 85.8 Å². The molecular weight excluding hydrogens is 176 g/mol. The molecule has 1 heterocycles. The molecule has 2 aliphatic rings. The maximum Gasteiger partial charge on any atom is 0.239 e. The summed E-state index contributed by atoms with van der Waals surface area (Å²) in [5.41, 5.74) is 0. The fraction of sp³-hybridized carbons (Fsp3) is 0.909. The van der Waals surface area contributed by atoms with E-state index in [0.717, 1.165) is 19.4 Å². The maximum atomic E-state index is 12.0. The van der Waals surface area contributed by atoms with Crippen LogP contribution in [0.2, 0.25) is 0 Å². The zero-order valence-electron chi connectivity index (χ0n) is 8.96. The van der Waals surface area contributed by atoms with Crippen LogP contribution in [0.1, 0.15) is 38.5 Å². The van der Waals surface area contributed by atoms with E-state index in [1.807, 2.05) is 7.05 Å². The van der Waals surface area contributed by atoms with Crippen LogP contribution in [0.4, 0.5) is 0 Å². The average molecular weight is 196 g/mol. The Morgan fingerprint density at radius 3 is 2.57 bits per heavy atom. The number of hydrogen-bond acceptors (Lipinski definition) is 2. The second-order valence-electron chi connectivity index (χ2n) is 4.45. The molecule has 2 fully saturated rings. The van der Waals surface area contributed by atoms with E-state index in [2.05, 4.69) is 10.2 Å². The molecule has 0 aromatic heterocycles. The molecule has 1 saturated heterocycles. The van der Waals surface area contributed by atoms with E-state index in [-0.39, 0.29) is 6.04 Å². The van der Waals surface area contributed by atoms with Gasteiger partial charge in [-0.2, -0.15) is 0 Å². The first-order valence-electron chi connectivity index (χ1n) is 5.80. The second kappa shape index (κ2) is 4.30. The lowest BCUT2D eigenvalue weighted by atomic mass is 10.0. The summed E-state index contributed by atoms with van der Waals surface area (Å²) >= 11 is 0. The standard InChI is InChI=1S/C11H20N2O/c1-12-10-7-4-8-13(11(10)14)9-5-2-3-6-9/h9-10,12H,2-8H2,1H3. The Balaban J connectivity index is 1.99. The molecule has 0 aromatic carbocycles. The van der Waals surface area contributed by atoms with Gasteiger partial charge in [0.1, 0.15) is 0 Å². The van der Waals surface area contributed by atoms with Crippen LogP contribution in [0, 0.1) is 0 Å². The predicted octanol–water partition coefficient (Wildman–Crippen LogP) is 1.14. The summed E-state index contributed by atoms with van der Waals surface area (Å²) in [5.74, 6) is 0.339. The van der Waals surface area contributed by atoms with Crippen molar-refractivity contribution in [2.45, 2.75) is 50.6 Å². The molecule has 1 aliphatic heterocycles. The summed E-state index contributed by atoms with van der Waals surface area (Å²) in [6.07, 6.45) is 7.23. The zero-order chi connectivity index (χ0) is 9.97. The number of likely N-dealkylation sites (tertiary alicyclic amines) is 1. The maximum absolute atomic E-state index is 12.0. The number of likely N-dealkylation sites (N-methyl/N-ethyl adjacent to an activating group) is 1. The molecule has 0 aromatic rings. The average Bonchev–Trinajstić information content (AvgIpc) is 2.71. The smallest absolute Gasteiger partial charge is 0.239 e. The van der Waals surface area contributed by atoms with Gasteiger partial charge in [0.05, 0.1) is 6.04 Å². The minimum absolute atomic E-state index is 0.0874. The Morgan fingerprint density at radius 1 is 1.21 bits per heavy atom. The van der Waals surface area contributed by atoms with E-state index in [0.29, 0.717) is 11.9 Å². The van der Waals surface area contributed by atoms with Crippen LogP contribution in [0.3, 0.4) is 0 Å². The van der Waals surface area contributed by atoms with Gasteiger partial charge in [-0.3, -0.25) is 4.79 Å². The van der Waals surface area contributed by atoms with Crippen molar-refractivity contribution >= 4 is 5.91 Å². The third kappa shape index (κ3) is 1.78. The van der Waals surface area contributed by atoms with Crippen molar-refractivity contribution in [1.29, 1.82) is 0 Å². The van der Waals surface area contributed by atoms with Crippen molar-refractivity contribution in [2.75, 3.05) is 13.6 Å². The highest BCUT2D eigenvalue weighted by molar-refractivity contribution is 5.82. The van der Waals surface area contributed by atoms with E-state index < -0.39 is 0 Å². The number of carbonyl (C=O) groups excluding carboxylic acids is 1. The summed E-state index contributed by atoms with van der Waals surface area (Å²) in [5, 5.41) is 3.12. The van der Waals surface area contributed by atoms with Gasteiger partial charge >= 0.3 is 0 Å². The van der Waals surface area contributed by atoms with Crippen molar-refractivity contribution in [2.24, 2.45) is 0 Å². The number of rotatable bonds is 2. The number of nitrogens with one attached hydrogen (secondary N) is 1. The molecule has 1 aliphatic carbocycles. The Kier molecular flexibility index (Phi) is 3.06. The highest BCUT2D eigenvalue weighted by Crippen LogP contribution is 2.26. The first kappa shape index (κ1) is 9.97. The third-order valence-corrected chi connectivity index (χ3v) is 3.59. The molecule has 3 heteroatoms. The van der Waals surface area contributed by atoms with Gasteiger partial charge in [0.15, 0.2) is 0 Å². The number of nitrogens with zero attached hydrogens (tertiary/aromatic N) is 1. The van der Waals surface area contributed by atoms with Gasteiger partial charge in [-0.05, 0) is 32.7 Å². The topological polar surface area (TPSA) is 32.3 Å². The first-order valence-corrected chi connectivity index (χ1v) is 5.80. The van der Waals surface area contributed by atoms with Crippen LogP contribution >= 0.6 is 0 Å². The SMILES string of the molecule is CNC1CCCN(C2CCCC2)C1=O. The van der Waals surface area contributed by atoms with E-state index in [9.17, 15) is 4.79 Å². The van der Waals surface area contributed by atoms with E-state index in [1.165, 1.54) is 25.7 Å². The van der Waals surface area contributed by atoms with Gasteiger partial charge in [-0.15, -0.1) is 0 Å². The fourth-order valence-corrected chi connectivity index (χ4v) is 2.75. The van der Waals surface area contributed by atoms with Gasteiger partial charge in [0, 0.05) is 12.6 Å². The van der Waals surface area contributed by atoms with E-state index in [1.54, 1.807) is 0 Å². The molecule has 0 radical (unpaired) electrons. The summed E-state index contributed by atoms with van der Waals surface area (Å²) in [6, 6.07) is 0.642. The van der Waals surface area contributed by atoms with Crippen LogP contribution in [-0.4, -0.2) is 36.5 Å². The normalized spacial score (nSPS) is 29.9. The lowest BCUT2D eigenvalue weighted by Gasteiger charge is -2.36. The van der Waals surface area contributed by atoms with Gasteiger partial charge in [-0.25, -0.2) is 0 Å². The second-order valence-corrected chi connectivity index (χ2v) is 4.45. The fourth-order valence-electron chi connectivity index (χ4n) is 2.75. The Hall–Kier alpha value is -0.570. The molecule has 2 rings (SSSR count). The molecular formula is C11H20N2O. The van der Waals surface area contributed by atoms with Gasteiger partial charge in [0.2, 0.25) is 5.91 Å². The van der Waals surface area contributed by atoms with Gasteiger partial charge in [0.25, 0.3) is 0 Å². The molecule has 0 bridgehead atoms. The highest BCUT2D eigenvalue weighted by Gasteiger charge is 2.33. The van der Waals surface area contributed by atoms with Gasteiger partial charge in [-0.1, -0.05) is 12.8 Å². The molecule has 1 unspecified atom stereocenters. The van der Waals surface area contributed by atoms with Crippen LogP contribution in [0.5, 0.6) is 0 Å². The predicted molar refractivity (Wildman–Crippen MR) is 56.1 cm³/mol. The quantitative estimate of drug-likeness (QED) is 0.718. The highest BCUT2D eigenvalue weighted by atomic mass is 16.2. The van der Waals surface area contributed by atoms with E-state index in [4.69, 9.17) is 0 Å². The molecule has 1 N–H and O–H groups in total. The van der Waals surface area contributed by atoms with Crippen molar-refractivity contribution in [3.63, 3.8) is 0 Å². The summed E-state index contributed by atoms with van der Waals surface area (Å²) in [7, 11) is 1.89. The number of carbonyl (C=O) groups is 1. The molecule has 80 valence electrons. The van der Waals surface area contributed by atoms with Crippen molar-refractivity contribution < 1.29 is 4.79 Å². The monoisotopic (exact) mass is 196 g/mol. The number of amides is 1. The molecule has 3 nitrogen and oxygen atoms in total. The largest absolute Gasteiger partial charge is 0.338 e. The lowest BCUT2D eigenvalue weighted by Crippen LogP contribution is -2.52. The molecule has 1 saturated carbocycles. The first-order chi connectivity index (χ1) is 6.83. The third-order valence-electron chi connectivity index (χ3n) is 3.59. The molecule has 0 spiro atoms. The molecule has 1 amide bonds. The number of piperidine rings is 1. The Bertz CT molecular complexity index is 211. The van der Waals surface area contributed by atoms with E-state index >= 15 is 0 Å². The summed E-state index contributed by atoms with van der Waals surface area (Å²) < 4.78 is 0. The lowest BCUT2D eigenvalue weighted by molar-refractivity contribution is -0.138. The molecule has 1 atom stereocenters. The minimum Gasteiger partial charge on any atom is -0.338 e. The van der Waals surface area contributed by atoms with Crippen molar-refractivity contribution in [3.8, 4) is 0 Å². The van der Waals surface area contributed by atoms with Crippen LogP contribution < -0.4 is 5.32 Å². The minimum atomic E-state index is 0.0874. The summed E-state index contributed by atoms with van der Waals surface area (Å²) in [4.78, 5) is 14.1. The Morgan fingerprint density at radius 2 is 1.93 bits per heavy atom. The van der Waals surface area contributed by atoms with Crippen molar-refractivity contribution in [1.82, 2.24) is 10.2 Å². The molecule has 14 heavy (non-hydrogen) atoms. The van der Waals surface area contributed by atoms with Gasteiger partial charge < -0.3 is 10.2 Å². The van der Waals surface area contributed by atoms with Crippen molar-refractivity contribution in [3.05, 3.63) is 0 Å². The van der Waals surface area contributed by atoms with Crippen LogP contribution in [-0.2, 0) is 4.79 Å². The van der Waals surface area contributed by atoms with Crippen LogP contribution in [0.25, 0.3) is 0 Å². The summed E-state index contributed by atoms with van der Waals surface area (Å²) in [6.45, 7) is 0.988.